The van der Waals surface area contributed by atoms with Crippen LogP contribution in [0.25, 0.3) is 0 Å². The van der Waals surface area contributed by atoms with Gasteiger partial charge in [-0.05, 0) is 36.6 Å². The Morgan fingerprint density at radius 3 is 3.09 bits per heavy atom. The average molecular weight is 315 g/mol. The summed E-state index contributed by atoms with van der Waals surface area (Å²) in [5, 5.41) is 6.61. The van der Waals surface area contributed by atoms with Gasteiger partial charge in [-0.2, -0.15) is 5.10 Å². The Balaban J connectivity index is 1.77. The molecular weight excluding hydrogens is 294 g/mol. The first kappa shape index (κ1) is 15.6. The summed E-state index contributed by atoms with van der Waals surface area (Å²) in [5.41, 5.74) is 1.51. The summed E-state index contributed by atoms with van der Waals surface area (Å²) < 4.78 is 10.9. The van der Waals surface area contributed by atoms with Gasteiger partial charge in [-0.25, -0.2) is 0 Å². The van der Waals surface area contributed by atoms with Crippen LogP contribution in [0, 0.1) is 0 Å². The molecule has 23 heavy (non-hydrogen) atoms. The SMILES string of the molecule is COc1cccc(CN(C[C@H]2CCCO2)C(=O)c2ccn[nH]2)c1. The minimum Gasteiger partial charge on any atom is -0.497 e. The number of nitrogens with zero attached hydrogens (tertiary/aromatic N) is 2. The fourth-order valence-electron chi connectivity index (χ4n) is 2.79. The highest BCUT2D eigenvalue weighted by molar-refractivity contribution is 5.92. The van der Waals surface area contributed by atoms with E-state index in [-0.39, 0.29) is 12.0 Å². The Labute approximate surface area is 135 Å². The number of nitrogens with one attached hydrogen (secondary N) is 1. The van der Waals surface area contributed by atoms with Crippen molar-refractivity contribution in [3.63, 3.8) is 0 Å². The lowest BCUT2D eigenvalue weighted by atomic mass is 10.1. The van der Waals surface area contributed by atoms with Crippen LogP contribution < -0.4 is 4.74 Å². The highest BCUT2D eigenvalue weighted by Crippen LogP contribution is 2.19. The number of carbonyl (C=O) groups is 1. The van der Waals surface area contributed by atoms with Crippen LogP contribution in [0.1, 0.15) is 28.9 Å². The highest BCUT2D eigenvalue weighted by Gasteiger charge is 2.24. The zero-order valence-corrected chi connectivity index (χ0v) is 13.2. The molecule has 1 aromatic heterocycles. The van der Waals surface area contributed by atoms with Gasteiger partial charge in [0.1, 0.15) is 11.4 Å². The Kier molecular flexibility index (Phi) is 4.92. The molecule has 0 spiro atoms. The number of rotatable bonds is 6. The van der Waals surface area contributed by atoms with Crippen molar-refractivity contribution in [2.24, 2.45) is 0 Å². The zero-order chi connectivity index (χ0) is 16.1. The van der Waals surface area contributed by atoms with Gasteiger partial charge < -0.3 is 14.4 Å². The lowest BCUT2D eigenvalue weighted by molar-refractivity contribution is 0.0502. The highest BCUT2D eigenvalue weighted by atomic mass is 16.5. The van der Waals surface area contributed by atoms with Crippen LogP contribution in [-0.2, 0) is 11.3 Å². The molecule has 2 aromatic rings. The first-order valence-electron chi connectivity index (χ1n) is 7.79. The molecule has 0 bridgehead atoms. The predicted octanol–water partition coefficient (Wildman–Crippen LogP) is 2.24. The molecule has 6 heteroatoms. The van der Waals surface area contributed by atoms with Crippen molar-refractivity contribution < 1.29 is 14.3 Å². The van der Waals surface area contributed by atoms with Crippen LogP contribution in [0.4, 0.5) is 0 Å². The smallest absolute Gasteiger partial charge is 0.272 e. The van der Waals surface area contributed by atoms with Gasteiger partial charge >= 0.3 is 0 Å². The maximum atomic E-state index is 12.7. The maximum absolute atomic E-state index is 12.7. The first-order chi connectivity index (χ1) is 11.3. The number of benzene rings is 1. The number of carbonyl (C=O) groups excluding carboxylic acids is 1. The van der Waals surface area contributed by atoms with E-state index in [0.717, 1.165) is 30.8 Å². The van der Waals surface area contributed by atoms with Crippen molar-refractivity contribution in [3.05, 3.63) is 47.8 Å². The van der Waals surface area contributed by atoms with Gasteiger partial charge in [0.05, 0.1) is 13.2 Å². The molecule has 1 saturated heterocycles. The first-order valence-corrected chi connectivity index (χ1v) is 7.79. The van der Waals surface area contributed by atoms with Crippen LogP contribution in [0.15, 0.2) is 36.5 Å². The molecule has 1 fully saturated rings. The average Bonchev–Trinajstić information content (AvgIpc) is 3.27. The molecule has 1 N–H and O–H groups in total. The van der Waals surface area contributed by atoms with Crippen LogP contribution in [-0.4, -0.2) is 47.4 Å². The molecule has 1 aliphatic rings. The summed E-state index contributed by atoms with van der Waals surface area (Å²) in [5.74, 6) is 0.717. The van der Waals surface area contributed by atoms with Crippen LogP contribution in [0.3, 0.4) is 0 Å². The second-order valence-electron chi connectivity index (χ2n) is 5.64. The summed E-state index contributed by atoms with van der Waals surface area (Å²) >= 11 is 0. The van der Waals surface area contributed by atoms with Crippen molar-refractivity contribution in [2.45, 2.75) is 25.5 Å². The van der Waals surface area contributed by atoms with E-state index in [1.54, 1.807) is 24.3 Å². The third-order valence-corrected chi connectivity index (χ3v) is 3.97. The molecule has 1 aromatic carbocycles. The molecule has 0 saturated carbocycles. The van der Waals surface area contributed by atoms with Crippen LogP contribution in [0.2, 0.25) is 0 Å². The van der Waals surface area contributed by atoms with Gasteiger partial charge in [0.25, 0.3) is 5.91 Å². The zero-order valence-electron chi connectivity index (χ0n) is 13.2. The van der Waals surface area contributed by atoms with Gasteiger partial charge in [-0.15, -0.1) is 0 Å². The quantitative estimate of drug-likeness (QED) is 0.888. The summed E-state index contributed by atoms with van der Waals surface area (Å²) in [6, 6.07) is 9.45. The molecule has 0 radical (unpaired) electrons. The molecule has 122 valence electrons. The number of aromatic amines is 1. The fourth-order valence-corrected chi connectivity index (χ4v) is 2.79. The molecule has 1 aliphatic heterocycles. The summed E-state index contributed by atoms with van der Waals surface area (Å²) in [6.07, 6.45) is 3.73. The third-order valence-electron chi connectivity index (χ3n) is 3.97. The van der Waals surface area contributed by atoms with Gasteiger partial charge in [0, 0.05) is 25.9 Å². The van der Waals surface area contributed by atoms with Crippen molar-refractivity contribution in [2.75, 3.05) is 20.3 Å². The van der Waals surface area contributed by atoms with Crippen molar-refractivity contribution in [3.8, 4) is 5.75 Å². The van der Waals surface area contributed by atoms with Crippen molar-refractivity contribution in [1.29, 1.82) is 0 Å². The van der Waals surface area contributed by atoms with Gasteiger partial charge in [0.15, 0.2) is 0 Å². The Morgan fingerprint density at radius 2 is 2.39 bits per heavy atom. The number of ether oxygens (including phenoxy) is 2. The number of hydrogen-bond acceptors (Lipinski definition) is 4. The van der Waals surface area contributed by atoms with E-state index >= 15 is 0 Å². The number of H-pyrrole nitrogens is 1. The van der Waals surface area contributed by atoms with E-state index in [1.165, 1.54) is 0 Å². The Morgan fingerprint density at radius 1 is 1.48 bits per heavy atom. The van der Waals surface area contributed by atoms with Gasteiger partial charge in [-0.3, -0.25) is 9.89 Å². The van der Waals surface area contributed by atoms with E-state index in [1.807, 2.05) is 24.3 Å². The molecule has 6 nitrogen and oxygen atoms in total. The minimum absolute atomic E-state index is 0.0687. The van der Waals surface area contributed by atoms with Crippen LogP contribution in [0.5, 0.6) is 5.75 Å². The molecule has 1 amide bonds. The largest absolute Gasteiger partial charge is 0.497 e. The van der Waals surface area contributed by atoms with E-state index in [0.29, 0.717) is 18.8 Å². The van der Waals surface area contributed by atoms with Gasteiger partial charge in [0.2, 0.25) is 0 Å². The number of methoxy groups -OCH3 is 1. The minimum atomic E-state index is -0.0687. The lowest BCUT2D eigenvalue weighted by Crippen LogP contribution is -2.37. The van der Waals surface area contributed by atoms with E-state index in [9.17, 15) is 4.79 Å². The topological polar surface area (TPSA) is 67.5 Å². The number of amides is 1. The van der Waals surface area contributed by atoms with Gasteiger partial charge in [-0.1, -0.05) is 12.1 Å². The standard InChI is InChI=1S/C17H21N3O3/c1-22-14-5-2-4-13(10-14)11-20(12-15-6-3-9-23-15)17(21)16-7-8-18-19-16/h2,4-5,7-8,10,15H,3,6,9,11-12H2,1H3,(H,18,19)/t15-/m1/s1. The Bertz CT molecular complexity index is 636. The molecule has 3 rings (SSSR count). The molecular formula is C17H21N3O3. The monoisotopic (exact) mass is 315 g/mol. The summed E-state index contributed by atoms with van der Waals surface area (Å²) in [4.78, 5) is 14.5. The maximum Gasteiger partial charge on any atom is 0.272 e. The predicted molar refractivity (Wildman–Crippen MR) is 85.3 cm³/mol. The summed E-state index contributed by atoms with van der Waals surface area (Å²) in [7, 11) is 1.64. The second-order valence-corrected chi connectivity index (χ2v) is 5.64. The Hall–Kier alpha value is -2.34. The number of hydrogen-bond donors (Lipinski definition) is 1. The molecule has 0 aliphatic carbocycles. The molecule has 2 heterocycles. The van der Waals surface area contributed by atoms with Crippen molar-refractivity contribution in [1.82, 2.24) is 15.1 Å². The second kappa shape index (κ2) is 7.28. The normalized spacial score (nSPS) is 17.2. The number of aromatic nitrogens is 2. The van der Waals surface area contributed by atoms with E-state index in [4.69, 9.17) is 9.47 Å². The molecule has 1 atom stereocenters. The van der Waals surface area contributed by atoms with E-state index in [2.05, 4.69) is 10.2 Å². The van der Waals surface area contributed by atoms with Crippen molar-refractivity contribution >= 4 is 5.91 Å². The van der Waals surface area contributed by atoms with Crippen LogP contribution >= 0.6 is 0 Å². The summed E-state index contributed by atoms with van der Waals surface area (Å²) in [6.45, 7) is 1.86. The molecule has 0 unspecified atom stereocenters. The third kappa shape index (κ3) is 3.90. The lowest BCUT2D eigenvalue weighted by Gasteiger charge is -2.25. The van der Waals surface area contributed by atoms with E-state index < -0.39 is 0 Å². The fraction of sp³-hybridized carbons (Fsp3) is 0.412.